The standard InChI is InChI=1S/C37H50ClN3O2P/c1-9-26-15-13-16-27(10-2)35(26)39-19-20-40(36-28(11-3)17-14-18-29(36)12-4)37(39)44(38)24-31(25-44)34-30(23-41(44,5)6)21-32(42-7)22-33(34)43-8/h13-22,31,37H,9-12,23-25H2,1-8H3/q+1. The third-order valence-electron chi connectivity index (χ3n) is 11.0. The number of halogens is 1. The minimum absolute atomic E-state index is 0.00730. The van der Waals surface area contributed by atoms with Gasteiger partial charge in [0.25, 0.3) is 0 Å². The van der Waals surface area contributed by atoms with Crippen LogP contribution in [0, 0.1) is 0 Å². The molecule has 44 heavy (non-hydrogen) atoms. The molecule has 0 N–H and O–H groups in total. The minimum atomic E-state index is -3.16. The van der Waals surface area contributed by atoms with Crippen molar-refractivity contribution in [3.8, 4) is 11.5 Å². The first-order valence-electron chi connectivity index (χ1n) is 16.4. The van der Waals surface area contributed by atoms with E-state index in [4.69, 9.17) is 20.7 Å². The van der Waals surface area contributed by atoms with Crippen LogP contribution in [-0.4, -0.2) is 50.8 Å². The van der Waals surface area contributed by atoms with Gasteiger partial charge in [-0.3, -0.25) is 0 Å². The molecule has 0 unspecified atom stereocenters. The first kappa shape index (κ1) is 31.3. The van der Waals surface area contributed by atoms with E-state index in [0.29, 0.717) is 5.92 Å². The van der Waals surface area contributed by atoms with Crippen LogP contribution in [0.4, 0.5) is 11.4 Å². The number of para-hydroxylation sites is 2. The molecule has 4 aliphatic rings. The summed E-state index contributed by atoms with van der Waals surface area (Å²) in [6.07, 6.45) is 7.41. The molecule has 0 saturated carbocycles. The third kappa shape index (κ3) is 4.33. The number of aryl methyl sites for hydroxylation is 4. The molecule has 1 saturated heterocycles. The number of methoxy groups -OCH3 is 2. The van der Waals surface area contributed by atoms with Crippen LogP contribution >= 0.6 is 17.3 Å². The van der Waals surface area contributed by atoms with Gasteiger partial charge in [0, 0.05) is 0 Å². The second-order valence-corrected chi connectivity index (χ2v) is 20.9. The number of hydrogen-bond donors (Lipinski definition) is 0. The Bertz CT molecular complexity index is 1500. The number of rotatable bonds is 9. The fraction of sp³-hybridized carbons (Fsp3) is 0.459. The van der Waals surface area contributed by atoms with Gasteiger partial charge in [-0.2, -0.15) is 0 Å². The SMILES string of the molecule is CCc1cccc(CC)c1N1C=CN(c2c(CC)cccc2CC)C1P12(Cl)CC(C1)c1c(cc(OC)cc1OC)C[N+]2(C)C. The predicted octanol–water partition coefficient (Wildman–Crippen LogP) is 9.04. The maximum atomic E-state index is 8.74. The van der Waals surface area contributed by atoms with Crippen molar-refractivity contribution in [2.75, 3.05) is 50.4 Å². The average Bonchev–Trinajstić information content (AvgIpc) is 3.41. The van der Waals surface area contributed by atoms with Gasteiger partial charge >= 0.3 is 270 Å². The zero-order chi connectivity index (χ0) is 31.5. The molecular weight excluding hydrogens is 585 g/mol. The van der Waals surface area contributed by atoms with E-state index in [1.807, 2.05) is 0 Å². The van der Waals surface area contributed by atoms with Gasteiger partial charge in [-0.15, -0.1) is 0 Å². The second-order valence-electron chi connectivity index (χ2n) is 13.4. The predicted molar refractivity (Wildman–Crippen MR) is 189 cm³/mol. The normalized spacial score (nSPS) is 22.0. The summed E-state index contributed by atoms with van der Waals surface area (Å²) in [6, 6.07) is 18.0. The summed E-state index contributed by atoms with van der Waals surface area (Å²) in [5.74, 6) is 2.12. The molecule has 0 amide bonds. The summed E-state index contributed by atoms with van der Waals surface area (Å²) in [5.41, 5.74) is 10.9. The van der Waals surface area contributed by atoms with Crippen LogP contribution in [0.5, 0.6) is 11.5 Å². The summed E-state index contributed by atoms with van der Waals surface area (Å²) in [6.45, 7) is 9.95. The van der Waals surface area contributed by atoms with Crippen LogP contribution < -0.4 is 19.3 Å². The number of hydrogen-bond acceptors (Lipinski definition) is 4. The Hall–Kier alpha value is -2.72. The van der Waals surface area contributed by atoms with E-state index in [-0.39, 0.29) is 5.91 Å². The van der Waals surface area contributed by atoms with Crippen LogP contribution in [0.2, 0.25) is 0 Å². The van der Waals surface area contributed by atoms with Gasteiger partial charge < -0.3 is 0 Å². The molecule has 0 atom stereocenters. The van der Waals surface area contributed by atoms with E-state index in [1.165, 1.54) is 44.8 Å². The van der Waals surface area contributed by atoms with Crippen molar-refractivity contribution in [3.05, 3.63) is 94.3 Å². The van der Waals surface area contributed by atoms with E-state index in [9.17, 15) is 0 Å². The van der Waals surface area contributed by atoms with E-state index >= 15 is 0 Å². The Kier molecular flexibility index (Phi) is 8.01. The third-order valence-corrected chi connectivity index (χ3v) is 20.2. The summed E-state index contributed by atoms with van der Waals surface area (Å²) in [5, 5.41) is 0. The molecule has 4 heterocycles. The zero-order valence-corrected chi connectivity index (χ0v) is 29.5. The molecule has 0 spiro atoms. The Labute approximate surface area is 269 Å². The van der Waals surface area contributed by atoms with Crippen molar-refractivity contribution >= 4 is 28.7 Å². The van der Waals surface area contributed by atoms with Gasteiger partial charge in [-0.05, 0) is 0 Å². The molecule has 0 aromatic heterocycles. The molecule has 7 rings (SSSR count). The van der Waals surface area contributed by atoms with Crippen molar-refractivity contribution in [3.63, 3.8) is 0 Å². The zero-order valence-electron chi connectivity index (χ0n) is 27.9. The van der Waals surface area contributed by atoms with Crippen LogP contribution in [0.25, 0.3) is 0 Å². The van der Waals surface area contributed by atoms with Gasteiger partial charge in [0.05, 0.1) is 0 Å². The Morgan fingerprint density at radius 3 is 1.66 bits per heavy atom. The summed E-state index contributed by atoms with van der Waals surface area (Å²) in [4.78, 5) is 5.22. The van der Waals surface area contributed by atoms with Crippen molar-refractivity contribution in [1.82, 2.24) is 0 Å². The fourth-order valence-corrected chi connectivity index (χ4v) is 16.2. The molecule has 1 fully saturated rings. The molecule has 3 aromatic carbocycles. The number of quaternary nitrogens is 1. The number of anilines is 2. The number of ether oxygens (including phenoxy) is 2. The van der Waals surface area contributed by atoms with Crippen LogP contribution in [0.3, 0.4) is 0 Å². The van der Waals surface area contributed by atoms with Gasteiger partial charge in [-0.25, -0.2) is 0 Å². The van der Waals surface area contributed by atoms with Gasteiger partial charge in [0.2, 0.25) is 0 Å². The molecule has 2 bridgehead atoms. The molecule has 3 aromatic rings. The van der Waals surface area contributed by atoms with Crippen molar-refractivity contribution in [2.24, 2.45) is 0 Å². The Balaban J connectivity index is 1.61. The van der Waals surface area contributed by atoms with E-state index in [0.717, 1.165) is 60.3 Å². The Morgan fingerprint density at radius 1 is 0.773 bits per heavy atom. The van der Waals surface area contributed by atoms with Crippen molar-refractivity contribution in [2.45, 2.75) is 71.7 Å². The molecule has 7 heteroatoms. The summed E-state index contributed by atoms with van der Waals surface area (Å²) < 4.78 is 12.5. The molecule has 5 nitrogen and oxygen atoms in total. The van der Waals surface area contributed by atoms with E-state index in [2.05, 4.69) is 113 Å². The first-order valence-corrected chi connectivity index (χ1v) is 19.9. The molecule has 0 aliphatic carbocycles. The van der Waals surface area contributed by atoms with E-state index < -0.39 is 6.11 Å². The van der Waals surface area contributed by atoms with Crippen molar-refractivity contribution < 1.29 is 13.7 Å². The van der Waals surface area contributed by atoms with Crippen LogP contribution in [0.15, 0.2) is 60.9 Å². The summed E-state index contributed by atoms with van der Waals surface area (Å²) >= 11 is 8.74. The van der Waals surface area contributed by atoms with Gasteiger partial charge in [-0.1, -0.05) is 0 Å². The topological polar surface area (TPSA) is 24.9 Å². The second kappa shape index (κ2) is 11.3. The fourth-order valence-electron chi connectivity index (χ4n) is 8.55. The molecule has 0 radical (unpaired) electrons. The van der Waals surface area contributed by atoms with Gasteiger partial charge in [0.15, 0.2) is 0 Å². The molecule has 236 valence electrons. The van der Waals surface area contributed by atoms with E-state index in [1.54, 1.807) is 14.2 Å². The molecule has 4 aliphatic heterocycles. The summed E-state index contributed by atoms with van der Waals surface area (Å²) in [7, 11) is 8.32. The average molecular weight is 635 g/mol. The molecular formula is C37H50ClN3O2P+. The first-order chi connectivity index (χ1) is 21.1. The monoisotopic (exact) mass is 634 g/mol. The quantitative estimate of drug-likeness (QED) is 0.219. The van der Waals surface area contributed by atoms with Crippen molar-refractivity contribution in [1.29, 1.82) is 0 Å². The number of nitrogens with zero attached hydrogens (tertiary/aromatic N) is 3. The number of benzene rings is 3. The Morgan fingerprint density at radius 2 is 1.25 bits per heavy atom. The van der Waals surface area contributed by atoms with Crippen LogP contribution in [0.1, 0.15) is 67.0 Å². The van der Waals surface area contributed by atoms with Crippen LogP contribution in [-0.2, 0) is 32.2 Å². The number of fused-ring (bicyclic) bond motifs is 1. The van der Waals surface area contributed by atoms with Gasteiger partial charge in [0.1, 0.15) is 0 Å². The maximum absolute atomic E-state index is 8.74.